The first-order chi connectivity index (χ1) is 18.0. The van der Waals surface area contributed by atoms with Crippen LogP contribution in [-0.4, -0.2) is 43.8 Å². The van der Waals surface area contributed by atoms with Crippen LogP contribution < -0.4 is 9.62 Å². The number of nitrogens with zero attached hydrogens (tertiary/aromatic N) is 2. The summed E-state index contributed by atoms with van der Waals surface area (Å²) < 4.78 is 42.6. The van der Waals surface area contributed by atoms with Crippen LogP contribution in [0.25, 0.3) is 0 Å². The lowest BCUT2D eigenvalue weighted by Crippen LogP contribution is -2.52. The topological polar surface area (TPSA) is 86.8 Å². The number of carbonyl (C=O) groups is 2. The number of hydrogen-bond donors (Lipinski definition) is 1. The van der Waals surface area contributed by atoms with Crippen molar-refractivity contribution in [3.8, 4) is 0 Å². The van der Waals surface area contributed by atoms with Crippen molar-refractivity contribution in [1.29, 1.82) is 0 Å². The van der Waals surface area contributed by atoms with Gasteiger partial charge in [-0.3, -0.25) is 13.9 Å². The van der Waals surface area contributed by atoms with Crippen molar-refractivity contribution in [2.24, 2.45) is 0 Å². The van der Waals surface area contributed by atoms with E-state index in [-0.39, 0.29) is 29.1 Å². The number of carbonyl (C=O) groups excluding carboxylic acids is 2. The van der Waals surface area contributed by atoms with Crippen LogP contribution in [-0.2, 0) is 26.2 Å². The van der Waals surface area contributed by atoms with E-state index in [1.807, 2.05) is 13.8 Å². The number of nitrogens with one attached hydrogen (secondary N) is 1. The number of anilines is 1. The summed E-state index contributed by atoms with van der Waals surface area (Å²) in [6, 6.07) is 19.1. The van der Waals surface area contributed by atoms with Crippen molar-refractivity contribution in [2.45, 2.75) is 50.7 Å². The van der Waals surface area contributed by atoms with Crippen LogP contribution in [0.4, 0.5) is 10.1 Å². The third-order valence-corrected chi connectivity index (χ3v) is 8.42. The van der Waals surface area contributed by atoms with E-state index in [9.17, 15) is 22.4 Å². The van der Waals surface area contributed by atoms with Crippen molar-refractivity contribution in [1.82, 2.24) is 10.2 Å². The summed E-state index contributed by atoms with van der Waals surface area (Å²) >= 11 is 3.37. The van der Waals surface area contributed by atoms with Crippen molar-refractivity contribution in [3.63, 3.8) is 0 Å². The summed E-state index contributed by atoms with van der Waals surface area (Å²) in [6.45, 7) is 4.83. The Morgan fingerprint density at radius 1 is 0.974 bits per heavy atom. The quantitative estimate of drug-likeness (QED) is 0.330. The number of halogens is 2. The number of rotatable bonds is 11. The minimum absolute atomic E-state index is 0.00802. The zero-order valence-corrected chi connectivity index (χ0v) is 23.9. The van der Waals surface area contributed by atoms with Gasteiger partial charge in [-0.2, -0.15) is 0 Å². The van der Waals surface area contributed by atoms with Gasteiger partial charge in [0.15, 0.2) is 0 Å². The lowest BCUT2D eigenvalue weighted by atomic mass is 10.1. The smallest absolute Gasteiger partial charge is 0.264 e. The summed E-state index contributed by atoms with van der Waals surface area (Å²) in [5, 5.41) is 2.88. The van der Waals surface area contributed by atoms with Gasteiger partial charge < -0.3 is 10.2 Å². The average molecular weight is 605 g/mol. The number of hydrogen-bond acceptors (Lipinski definition) is 4. The Morgan fingerprint density at radius 3 is 2.24 bits per heavy atom. The Labute approximate surface area is 231 Å². The summed E-state index contributed by atoms with van der Waals surface area (Å²) in [4.78, 5) is 28.2. The molecule has 0 aliphatic heterocycles. The van der Waals surface area contributed by atoms with Crippen LogP contribution >= 0.6 is 15.9 Å². The molecule has 0 spiro atoms. The molecule has 0 aromatic heterocycles. The molecule has 0 saturated heterocycles. The predicted molar refractivity (Wildman–Crippen MR) is 149 cm³/mol. The number of benzene rings is 3. The maximum atomic E-state index is 13.8. The summed E-state index contributed by atoms with van der Waals surface area (Å²) in [7, 11) is -4.13. The lowest BCUT2D eigenvalue weighted by Gasteiger charge is -2.32. The molecule has 1 N–H and O–H groups in total. The molecule has 2 amide bonds. The summed E-state index contributed by atoms with van der Waals surface area (Å²) in [5.74, 6) is -1.38. The summed E-state index contributed by atoms with van der Waals surface area (Å²) in [5.41, 5.74) is 0.887. The van der Waals surface area contributed by atoms with Gasteiger partial charge in [-0.15, -0.1) is 0 Å². The Hall–Kier alpha value is -3.24. The highest BCUT2D eigenvalue weighted by molar-refractivity contribution is 9.10. The van der Waals surface area contributed by atoms with E-state index in [1.54, 1.807) is 49.4 Å². The van der Waals surface area contributed by atoms with E-state index in [4.69, 9.17) is 0 Å². The molecule has 0 radical (unpaired) electrons. The highest BCUT2D eigenvalue weighted by atomic mass is 79.9. The average Bonchev–Trinajstić information content (AvgIpc) is 2.91. The van der Waals surface area contributed by atoms with Crippen LogP contribution in [0, 0.1) is 5.82 Å². The molecule has 202 valence electrons. The molecule has 3 aromatic carbocycles. The second-order valence-electron chi connectivity index (χ2n) is 8.95. The fourth-order valence-electron chi connectivity index (χ4n) is 3.71. The molecule has 3 aromatic rings. The molecule has 0 fully saturated rings. The lowest BCUT2D eigenvalue weighted by molar-refractivity contribution is -0.139. The summed E-state index contributed by atoms with van der Waals surface area (Å²) in [6.07, 6.45) is 0.705. The van der Waals surface area contributed by atoms with Crippen molar-refractivity contribution >= 4 is 43.5 Å². The number of amides is 2. The highest BCUT2D eigenvalue weighted by Gasteiger charge is 2.32. The number of sulfonamides is 1. The minimum atomic E-state index is -4.13. The zero-order chi connectivity index (χ0) is 27.9. The Morgan fingerprint density at radius 2 is 1.63 bits per heavy atom. The first kappa shape index (κ1) is 29.3. The maximum absolute atomic E-state index is 13.8. The normalized spacial score (nSPS) is 12.9. The molecule has 0 heterocycles. The minimum Gasteiger partial charge on any atom is -0.352 e. The monoisotopic (exact) mass is 603 g/mol. The molecule has 0 unspecified atom stereocenters. The largest absolute Gasteiger partial charge is 0.352 e. The van der Waals surface area contributed by atoms with Gasteiger partial charge in [0.2, 0.25) is 11.8 Å². The first-order valence-corrected chi connectivity index (χ1v) is 14.4. The molecule has 2 atom stereocenters. The van der Waals surface area contributed by atoms with Gasteiger partial charge >= 0.3 is 0 Å². The molecular weight excluding hydrogens is 573 g/mol. The molecule has 0 saturated carbocycles. The fraction of sp³-hybridized carbons (Fsp3) is 0.286. The van der Waals surface area contributed by atoms with Gasteiger partial charge in [-0.1, -0.05) is 59.3 Å². The molecular formula is C28H31BrFN3O4S. The molecule has 10 heteroatoms. The highest BCUT2D eigenvalue weighted by Crippen LogP contribution is 2.27. The van der Waals surface area contributed by atoms with Gasteiger partial charge in [-0.25, -0.2) is 12.8 Å². The van der Waals surface area contributed by atoms with E-state index >= 15 is 0 Å². The van der Waals surface area contributed by atoms with Crippen LogP contribution in [0.15, 0.2) is 88.2 Å². The molecule has 3 rings (SSSR count). The van der Waals surface area contributed by atoms with E-state index in [2.05, 4.69) is 21.2 Å². The Kier molecular flexibility index (Phi) is 10.0. The first-order valence-electron chi connectivity index (χ1n) is 12.2. The zero-order valence-electron chi connectivity index (χ0n) is 21.5. The predicted octanol–water partition coefficient (Wildman–Crippen LogP) is 5.12. The van der Waals surface area contributed by atoms with Gasteiger partial charge in [0, 0.05) is 17.1 Å². The second-order valence-corrected chi connectivity index (χ2v) is 11.7. The van der Waals surface area contributed by atoms with Crippen molar-refractivity contribution in [2.75, 3.05) is 10.8 Å². The SMILES string of the molecule is CC[C@@H](C)NC(=O)[C@@H](C)N(Cc1ccc(F)cc1)C(=O)CN(c1cccc(Br)c1)S(=O)(=O)c1ccccc1. The van der Waals surface area contributed by atoms with E-state index in [1.165, 1.54) is 41.3 Å². The van der Waals surface area contributed by atoms with E-state index in [0.717, 1.165) is 4.31 Å². The van der Waals surface area contributed by atoms with Crippen LogP contribution in [0.5, 0.6) is 0 Å². The Balaban J connectivity index is 2.01. The Bertz CT molecular complexity index is 1350. The maximum Gasteiger partial charge on any atom is 0.264 e. The second kappa shape index (κ2) is 13.0. The van der Waals surface area contributed by atoms with Gasteiger partial charge in [0.05, 0.1) is 10.6 Å². The van der Waals surface area contributed by atoms with Crippen molar-refractivity contribution in [3.05, 3.63) is 94.7 Å². The molecule has 0 bridgehead atoms. The molecule has 38 heavy (non-hydrogen) atoms. The third-order valence-electron chi connectivity index (χ3n) is 6.14. The molecule has 7 nitrogen and oxygen atoms in total. The standard InChI is InChI=1S/C28H31BrFN3O4S/c1-4-20(2)31-28(35)21(3)32(18-22-13-15-24(30)16-14-22)27(34)19-33(25-10-8-9-23(29)17-25)38(36,37)26-11-6-5-7-12-26/h5-17,20-21H,4,18-19H2,1-3H3,(H,31,35)/t20-,21-/m1/s1. The van der Waals surface area contributed by atoms with E-state index in [0.29, 0.717) is 16.5 Å². The fourth-order valence-corrected chi connectivity index (χ4v) is 5.53. The van der Waals surface area contributed by atoms with Gasteiger partial charge in [0.1, 0.15) is 18.4 Å². The van der Waals surface area contributed by atoms with Crippen LogP contribution in [0.2, 0.25) is 0 Å². The van der Waals surface area contributed by atoms with E-state index < -0.39 is 34.3 Å². The van der Waals surface area contributed by atoms with Crippen LogP contribution in [0.3, 0.4) is 0 Å². The van der Waals surface area contributed by atoms with Crippen LogP contribution in [0.1, 0.15) is 32.8 Å². The van der Waals surface area contributed by atoms with Gasteiger partial charge in [0.25, 0.3) is 10.0 Å². The van der Waals surface area contributed by atoms with Gasteiger partial charge in [-0.05, 0) is 68.3 Å². The molecule has 0 aliphatic rings. The van der Waals surface area contributed by atoms with Crippen molar-refractivity contribution < 1.29 is 22.4 Å². The molecule has 0 aliphatic carbocycles. The third kappa shape index (κ3) is 7.41.